The van der Waals surface area contributed by atoms with Crippen LogP contribution in [0.5, 0.6) is 0 Å². The van der Waals surface area contributed by atoms with E-state index in [1.807, 2.05) is 21.1 Å². The van der Waals surface area contributed by atoms with Gasteiger partial charge in [0.05, 0.1) is 34.4 Å². The van der Waals surface area contributed by atoms with Crippen LogP contribution in [0.3, 0.4) is 0 Å². The van der Waals surface area contributed by atoms with Gasteiger partial charge in [0.25, 0.3) is 0 Å². The Hall–Kier alpha value is -0.500. The van der Waals surface area contributed by atoms with Crippen LogP contribution in [0.2, 0.25) is 0 Å². The molecule has 8 nitrogen and oxygen atoms in total. The molecule has 0 aromatic heterocycles. The summed E-state index contributed by atoms with van der Waals surface area (Å²) in [4.78, 5) is 22.4. The highest BCUT2D eigenvalue weighted by atomic mass is 31.2. The quantitative estimate of drug-likeness (QED) is 0.0571. The highest BCUT2D eigenvalue weighted by Gasteiger charge is 2.26. The number of rotatable bonds is 26. The average molecular weight is 539 g/mol. The first-order valence-electron chi connectivity index (χ1n) is 14.3. The number of hydrogen-bond acceptors (Lipinski definition) is 6. The maximum absolute atomic E-state index is 12.4. The van der Waals surface area contributed by atoms with Gasteiger partial charge in [0.2, 0.25) is 0 Å². The predicted molar refractivity (Wildman–Crippen MR) is 146 cm³/mol. The second-order valence-corrected chi connectivity index (χ2v) is 12.2. The van der Waals surface area contributed by atoms with Crippen molar-refractivity contribution in [3.05, 3.63) is 0 Å². The fraction of sp³-hybridized carbons (Fsp3) is 0.963. The van der Waals surface area contributed by atoms with E-state index in [0.717, 1.165) is 32.1 Å². The number of ether oxygens (including phenoxy) is 2. The van der Waals surface area contributed by atoms with Crippen LogP contribution in [-0.4, -0.2) is 75.6 Å². The number of quaternary nitrogens is 1. The molecular weight excluding hydrogens is 481 g/mol. The summed E-state index contributed by atoms with van der Waals surface area (Å²) in [5, 5.41) is 0. The van der Waals surface area contributed by atoms with Crippen LogP contribution in [0.25, 0.3) is 0 Å². The Morgan fingerprint density at radius 2 is 1.28 bits per heavy atom. The molecule has 0 saturated heterocycles. The van der Waals surface area contributed by atoms with Gasteiger partial charge in [0, 0.05) is 13.0 Å². The summed E-state index contributed by atoms with van der Waals surface area (Å²) < 4.78 is 34.3. The zero-order valence-corrected chi connectivity index (χ0v) is 24.9. The molecule has 2 unspecified atom stereocenters. The van der Waals surface area contributed by atoms with E-state index < -0.39 is 13.9 Å². The van der Waals surface area contributed by atoms with E-state index in [0.29, 0.717) is 24.1 Å². The van der Waals surface area contributed by atoms with Crippen molar-refractivity contribution in [2.75, 3.05) is 54.1 Å². The molecular formula is C27H57NO7P+. The first-order valence-corrected chi connectivity index (χ1v) is 15.8. The lowest BCUT2D eigenvalue weighted by molar-refractivity contribution is -0.870. The highest BCUT2D eigenvalue weighted by Crippen LogP contribution is 2.43. The van der Waals surface area contributed by atoms with E-state index in [1.165, 1.54) is 57.8 Å². The van der Waals surface area contributed by atoms with Gasteiger partial charge in [-0.25, -0.2) is 4.57 Å². The Balaban J connectivity index is 4.42. The van der Waals surface area contributed by atoms with Crippen LogP contribution in [0.1, 0.15) is 110 Å². The van der Waals surface area contributed by atoms with E-state index in [-0.39, 0.29) is 25.8 Å². The number of carbonyl (C=O) groups excluding carboxylic acids is 1. The van der Waals surface area contributed by atoms with Crippen molar-refractivity contribution < 1.29 is 37.3 Å². The molecule has 0 radical (unpaired) electrons. The van der Waals surface area contributed by atoms with Gasteiger partial charge in [-0.2, -0.15) is 0 Å². The third kappa shape index (κ3) is 25.2. The maximum Gasteiger partial charge on any atom is 0.472 e. The smallest absolute Gasteiger partial charge is 0.457 e. The Morgan fingerprint density at radius 1 is 0.750 bits per heavy atom. The number of unbranched alkanes of at least 4 members (excludes halogenated alkanes) is 12. The van der Waals surface area contributed by atoms with E-state index in [9.17, 15) is 14.3 Å². The Labute approximate surface area is 221 Å². The van der Waals surface area contributed by atoms with Crippen molar-refractivity contribution in [3.63, 3.8) is 0 Å². The molecule has 0 spiro atoms. The summed E-state index contributed by atoms with van der Waals surface area (Å²) in [7, 11) is 1.67. The SMILES string of the molecule is CCCCCCCCCOCC(COP(=O)(O)OCC[N+](C)(C)C)OC(=O)CCCCCCCCC. The number of nitrogens with zero attached hydrogens (tertiary/aromatic N) is 1. The minimum absolute atomic E-state index is 0.0920. The second-order valence-electron chi connectivity index (χ2n) is 10.8. The molecule has 0 aromatic carbocycles. The fourth-order valence-corrected chi connectivity index (χ4v) is 4.35. The fourth-order valence-electron chi connectivity index (χ4n) is 3.61. The normalized spacial score (nSPS) is 14.5. The van der Waals surface area contributed by atoms with Crippen LogP contribution >= 0.6 is 7.82 Å². The minimum Gasteiger partial charge on any atom is -0.457 e. The van der Waals surface area contributed by atoms with Gasteiger partial charge < -0.3 is 18.9 Å². The first kappa shape index (κ1) is 35.5. The average Bonchev–Trinajstić information content (AvgIpc) is 2.79. The molecule has 0 fully saturated rings. The molecule has 0 aromatic rings. The Bertz CT molecular complexity index is 569. The topological polar surface area (TPSA) is 91.3 Å². The number of carbonyl (C=O) groups is 1. The second kappa shape index (κ2) is 22.5. The molecule has 0 bridgehead atoms. The van der Waals surface area contributed by atoms with Crippen LogP contribution in [0.4, 0.5) is 0 Å². The summed E-state index contributed by atoms with van der Waals surface area (Å²) in [6.45, 7) is 5.52. The molecule has 36 heavy (non-hydrogen) atoms. The number of phosphoric acid groups is 1. The van der Waals surface area contributed by atoms with Gasteiger partial charge in [-0.05, 0) is 12.8 Å². The molecule has 0 saturated carbocycles. The summed E-state index contributed by atoms with van der Waals surface area (Å²) in [5.41, 5.74) is 0. The van der Waals surface area contributed by atoms with Crippen LogP contribution in [-0.2, 0) is 27.9 Å². The van der Waals surface area contributed by atoms with Gasteiger partial charge in [0.1, 0.15) is 19.3 Å². The monoisotopic (exact) mass is 538 g/mol. The summed E-state index contributed by atoms with van der Waals surface area (Å²) >= 11 is 0. The highest BCUT2D eigenvalue weighted by molar-refractivity contribution is 7.47. The summed E-state index contributed by atoms with van der Waals surface area (Å²) in [6, 6.07) is 0. The van der Waals surface area contributed by atoms with Gasteiger partial charge in [-0.15, -0.1) is 0 Å². The minimum atomic E-state index is -4.24. The van der Waals surface area contributed by atoms with Crippen LogP contribution in [0, 0.1) is 0 Å². The first-order chi connectivity index (χ1) is 17.1. The standard InChI is InChI=1S/C27H56NO7P/c1-6-8-10-12-14-16-18-20-27(29)35-26(24-32-22-19-17-15-13-11-9-7-2)25-34-36(30,31)33-23-21-28(3,4)5/h26H,6-25H2,1-5H3/p+1. The molecule has 0 aliphatic carbocycles. The van der Waals surface area contributed by atoms with Crippen molar-refractivity contribution in [2.45, 2.75) is 116 Å². The molecule has 0 amide bonds. The molecule has 1 N–H and O–H groups in total. The van der Waals surface area contributed by atoms with Gasteiger partial charge in [-0.3, -0.25) is 13.8 Å². The number of phosphoric ester groups is 1. The predicted octanol–water partition coefficient (Wildman–Crippen LogP) is 6.65. The van der Waals surface area contributed by atoms with E-state index >= 15 is 0 Å². The van der Waals surface area contributed by atoms with E-state index in [2.05, 4.69) is 13.8 Å². The van der Waals surface area contributed by atoms with Crippen molar-refractivity contribution in [2.24, 2.45) is 0 Å². The van der Waals surface area contributed by atoms with E-state index in [4.69, 9.17) is 18.5 Å². The molecule has 9 heteroatoms. The number of hydrogen-bond donors (Lipinski definition) is 1. The van der Waals surface area contributed by atoms with Crippen molar-refractivity contribution in [1.29, 1.82) is 0 Å². The van der Waals surface area contributed by atoms with Crippen molar-refractivity contribution >= 4 is 13.8 Å². The lowest BCUT2D eigenvalue weighted by Gasteiger charge is -2.24. The van der Waals surface area contributed by atoms with Crippen LogP contribution in [0.15, 0.2) is 0 Å². The molecule has 0 rings (SSSR count). The molecule has 2 atom stereocenters. The Morgan fingerprint density at radius 3 is 1.83 bits per heavy atom. The van der Waals surface area contributed by atoms with Crippen LogP contribution < -0.4 is 0 Å². The molecule has 0 aliphatic rings. The van der Waals surface area contributed by atoms with Gasteiger partial charge >= 0.3 is 13.8 Å². The van der Waals surface area contributed by atoms with E-state index in [1.54, 1.807) is 0 Å². The zero-order valence-electron chi connectivity index (χ0n) is 24.0. The summed E-state index contributed by atoms with van der Waals surface area (Å²) in [5.74, 6) is -0.324. The Kier molecular flexibility index (Phi) is 22.2. The summed E-state index contributed by atoms with van der Waals surface area (Å²) in [6.07, 6.45) is 15.7. The number of likely N-dealkylation sites (N-methyl/N-ethyl adjacent to an activating group) is 1. The zero-order chi connectivity index (χ0) is 27.1. The largest absolute Gasteiger partial charge is 0.472 e. The molecule has 216 valence electrons. The number of esters is 1. The lowest BCUT2D eigenvalue weighted by Crippen LogP contribution is -2.37. The maximum atomic E-state index is 12.4. The molecule has 0 heterocycles. The molecule has 0 aliphatic heterocycles. The van der Waals surface area contributed by atoms with Crippen molar-refractivity contribution in [1.82, 2.24) is 0 Å². The van der Waals surface area contributed by atoms with Gasteiger partial charge in [0.15, 0.2) is 0 Å². The lowest BCUT2D eigenvalue weighted by atomic mass is 10.1. The third-order valence-electron chi connectivity index (χ3n) is 5.92. The third-order valence-corrected chi connectivity index (χ3v) is 6.90. The van der Waals surface area contributed by atoms with Gasteiger partial charge in [-0.1, -0.05) is 90.9 Å². The van der Waals surface area contributed by atoms with Crippen molar-refractivity contribution in [3.8, 4) is 0 Å².